The van der Waals surface area contributed by atoms with E-state index < -0.39 is 0 Å². The molecule has 0 saturated carbocycles. The largest absolute Gasteiger partial charge is 0.491 e. The molecule has 0 radical (unpaired) electrons. The zero-order valence-electron chi connectivity index (χ0n) is 7.92. The Morgan fingerprint density at radius 1 is 1.57 bits per heavy atom. The molecule has 0 saturated heterocycles. The summed E-state index contributed by atoms with van der Waals surface area (Å²) >= 11 is 3.30. The van der Waals surface area contributed by atoms with Crippen LogP contribution in [0, 0.1) is 0 Å². The fraction of sp³-hybridized carbons (Fsp3) is 0.364. The summed E-state index contributed by atoms with van der Waals surface area (Å²) in [5.41, 5.74) is 1.87. The lowest BCUT2D eigenvalue weighted by Gasteiger charge is -2.20. The number of ketones is 1. The number of hydrogen-bond acceptors (Lipinski definition) is 2. The maximum atomic E-state index is 11.8. The smallest absolute Gasteiger partial charge is 0.183 e. The molecule has 74 valence electrons. The molecule has 1 aliphatic rings. The Morgan fingerprint density at radius 3 is 3.07 bits per heavy atom. The Balaban J connectivity index is 2.46. The van der Waals surface area contributed by atoms with Crippen LogP contribution in [0.4, 0.5) is 0 Å². The quantitative estimate of drug-likeness (QED) is 0.721. The van der Waals surface area contributed by atoms with E-state index >= 15 is 0 Å². The highest BCUT2D eigenvalue weighted by Crippen LogP contribution is 2.28. The molecule has 14 heavy (non-hydrogen) atoms. The minimum Gasteiger partial charge on any atom is -0.491 e. The first-order chi connectivity index (χ1) is 6.72. The Morgan fingerprint density at radius 2 is 2.36 bits per heavy atom. The number of carbonyl (C=O) groups is 1. The molecule has 1 aromatic carbocycles. The predicted octanol–water partition coefficient (Wildman–Crippen LogP) is 2.59. The molecule has 0 amide bonds. The highest BCUT2D eigenvalue weighted by atomic mass is 79.9. The van der Waals surface area contributed by atoms with Crippen molar-refractivity contribution >= 4 is 21.7 Å². The van der Waals surface area contributed by atoms with Crippen LogP contribution in [-0.4, -0.2) is 17.2 Å². The number of aryl methyl sites for hydroxylation is 1. The summed E-state index contributed by atoms with van der Waals surface area (Å²) in [6.07, 6.45) is 0.938. The molecule has 3 heteroatoms. The third kappa shape index (κ3) is 1.57. The minimum absolute atomic E-state index is 0.126. The molecule has 0 aromatic heterocycles. The number of carbonyl (C=O) groups excluding carboxylic acids is 1. The van der Waals surface area contributed by atoms with Crippen LogP contribution in [0.25, 0.3) is 0 Å². The van der Waals surface area contributed by atoms with Crippen LogP contribution in [0.2, 0.25) is 0 Å². The molecule has 1 unspecified atom stereocenters. The van der Waals surface area contributed by atoms with E-state index in [0.29, 0.717) is 17.9 Å². The van der Waals surface area contributed by atoms with Gasteiger partial charge in [-0.05, 0) is 24.1 Å². The van der Waals surface area contributed by atoms with Crippen molar-refractivity contribution in [3.63, 3.8) is 0 Å². The summed E-state index contributed by atoms with van der Waals surface area (Å²) in [5.74, 6) is 0.837. The first-order valence-corrected chi connectivity index (χ1v) is 5.58. The van der Waals surface area contributed by atoms with Gasteiger partial charge in [-0.1, -0.05) is 28.9 Å². The van der Waals surface area contributed by atoms with Gasteiger partial charge in [0.25, 0.3) is 0 Å². The van der Waals surface area contributed by atoms with Crippen LogP contribution in [0.5, 0.6) is 5.75 Å². The van der Waals surface area contributed by atoms with E-state index in [2.05, 4.69) is 22.9 Å². The van der Waals surface area contributed by atoms with Crippen LogP contribution in [-0.2, 0) is 6.42 Å². The molecule has 0 fully saturated rings. The molecule has 0 bridgehead atoms. The monoisotopic (exact) mass is 254 g/mol. The van der Waals surface area contributed by atoms with Gasteiger partial charge in [-0.25, -0.2) is 0 Å². The number of fused-ring (bicyclic) bond motifs is 1. The summed E-state index contributed by atoms with van der Waals surface area (Å²) in [6, 6.07) is 5.80. The van der Waals surface area contributed by atoms with Crippen molar-refractivity contribution in [2.24, 2.45) is 0 Å². The fourth-order valence-electron chi connectivity index (χ4n) is 1.52. The van der Waals surface area contributed by atoms with Gasteiger partial charge < -0.3 is 4.74 Å². The lowest BCUT2D eigenvalue weighted by molar-refractivity contribution is 0.0946. The number of Topliss-reactive ketones (excluding diaryl/α,β-unsaturated/α-hetero) is 1. The predicted molar refractivity (Wildman–Crippen MR) is 58.4 cm³/mol. The highest BCUT2D eigenvalue weighted by molar-refractivity contribution is 9.10. The maximum Gasteiger partial charge on any atom is 0.183 e. The van der Waals surface area contributed by atoms with E-state index in [1.807, 2.05) is 18.2 Å². The lowest BCUT2D eigenvalue weighted by Crippen LogP contribution is -2.27. The fourth-order valence-corrected chi connectivity index (χ4v) is 1.90. The molecule has 0 spiro atoms. The summed E-state index contributed by atoms with van der Waals surface area (Å²) in [7, 11) is 0. The Bertz CT molecular complexity index is 374. The standard InChI is InChI=1S/C11H11BrO2/c1-2-7-3-4-10-8(5-7)11(13)9(12)6-14-10/h3-5,9H,2,6H2,1H3. The molecular weight excluding hydrogens is 244 g/mol. The molecule has 0 N–H and O–H groups in total. The van der Waals surface area contributed by atoms with Crippen LogP contribution in [0.3, 0.4) is 0 Å². The SMILES string of the molecule is CCc1ccc2c(c1)C(=O)C(Br)CO2. The number of rotatable bonds is 1. The van der Waals surface area contributed by atoms with E-state index in [4.69, 9.17) is 4.74 Å². The van der Waals surface area contributed by atoms with E-state index in [1.54, 1.807) is 0 Å². The minimum atomic E-state index is -0.192. The molecule has 2 rings (SSSR count). The van der Waals surface area contributed by atoms with Gasteiger partial charge in [0.15, 0.2) is 5.78 Å². The summed E-state index contributed by atoms with van der Waals surface area (Å²) in [6.45, 7) is 2.50. The summed E-state index contributed by atoms with van der Waals surface area (Å²) in [5, 5.41) is 0. The topological polar surface area (TPSA) is 26.3 Å². The van der Waals surface area contributed by atoms with Crippen LogP contribution in [0.15, 0.2) is 18.2 Å². The molecule has 1 heterocycles. The molecule has 1 atom stereocenters. The van der Waals surface area contributed by atoms with Gasteiger partial charge in [0.1, 0.15) is 17.2 Å². The third-order valence-corrected chi connectivity index (χ3v) is 3.07. The van der Waals surface area contributed by atoms with Crippen molar-refractivity contribution in [2.45, 2.75) is 18.2 Å². The van der Waals surface area contributed by atoms with Crippen molar-refractivity contribution in [3.05, 3.63) is 29.3 Å². The zero-order chi connectivity index (χ0) is 10.1. The van der Waals surface area contributed by atoms with Gasteiger partial charge in [-0.15, -0.1) is 0 Å². The number of hydrogen-bond donors (Lipinski definition) is 0. The average molecular weight is 255 g/mol. The second-order valence-electron chi connectivity index (χ2n) is 3.33. The van der Waals surface area contributed by atoms with Gasteiger partial charge >= 0.3 is 0 Å². The number of benzene rings is 1. The lowest BCUT2D eigenvalue weighted by atomic mass is 10.0. The van der Waals surface area contributed by atoms with Crippen molar-refractivity contribution in [2.75, 3.05) is 6.61 Å². The van der Waals surface area contributed by atoms with E-state index in [-0.39, 0.29) is 10.6 Å². The van der Waals surface area contributed by atoms with Gasteiger partial charge in [-0.2, -0.15) is 0 Å². The first-order valence-electron chi connectivity index (χ1n) is 4.66. The van der Waals surface area contributed by atoms with Crippen molar-refractivity contribution in [1.82, 2.24) is 0 Å². The van der Waals surface area contributed by atoms with Gasteiger partial charge in [0, 0.05) is 0 Å². The normalized spacial score (nSPS) is 20.1. The van der Waals surface area contributed by atoms with Crippen molar-refractivity contribution in [1.29, 1.82) is 0 Å². The second-order valence-corrected chi connectivity index (χ2v) is 4.43. The summed E-state index contributed by atoms with van der Waals surface area (Å²) in [4.78, 5) is 11.6. The molecule has 1 aromatic rings. The Labute approximate surface area is 91.4 Å². The second kappa shape index (κ2) is 3.73. The van der Waals surface area contributed by atoms with E-state index in [9.17, 15) is 4.79 Å². The molecule has 1 aliphatic heterocycles. The molecule has 2 nitrogen and oxygen atoms in total. The van der Waals surface area contributed by atoms with E-state index in [1.165, 1.54) is 5.56 Å². The third-order valence-electron chi connectivity index (χ3n) is 2.39. The highest BCUT2D eigenvalue weighted by Gasteiger charge is 2.26. The van der Waals surface area contributed by atoms with Crippen molar-refractivity contribution in [3.8, 4) is 5.75 Å². The van der Waals surface area contributed by atoms with Gasteiger partial charge in [0.2, 0.25) is 0 Å². The summed E-state index contributed by atoms with van der Waals surface area (Å²) < 4.78 is 5.44. The van der Waals surface area contributed by atoms with Gasteiger partial charge in [0.05, 0.1) is 5.56 Å². The number of ether oxygens (including phenoxy) is 1. The Kier molecular flexibility index (Phi) is 2.59. The average Bonchev–Trinajstić information content (AvgIpc) is 2.23. The van der Waals surface area contributed by atoms with Crippen molar-refractivity contribution < 1.29 is 9.53 Å². The maximum absolute atomic E-state index is 11.8. The van der Waals surface area contributed by atoms with Crippen LogP contribution >= 0.6 is 15.9 Å². The van der Waals surface area contributed by atoms with E-state index in [0.717, 1.165) is 6.42 Å². The number of halogens is 1. The molecule has 0 aliphatic carbocycles. The van der Waals surface area contributed by atoms with Crippen LogP contribution in [0.1, 0.15) is 22.8 Å². The Hall–Kier alpha value is -0.830. The van der Waals surface area contributed by atoms with Gasteiger partial charge in [-0.3, -0.25) is 4.79 Å². The number of alkyl halides is 1. The zero-order valence-corrected chi connectivity index (χ0v) is 9.50. The molecular formula is C11H11BrO2. The first kappa shape index (κ1) is 9.71. The van der Waals surface area contributed by atoms with Crippen LogP contribution < -0.4 is 4.74 Å².